The highest BCUT2D eigenvalue weighted by molar-refractivity contribution is 5.85. The highest BCUT2D eigenvalue weighted by Gasteiger charge is 2.40. The molecule has 2 aliphatic heterocycles. The molecule has 2 bridgehead atoms. The standard InChI is InChI=1S/C19H32N2O.ClH/c1-21(18-11-16-8-9-17(12-18)20-16)19(22)15-7-6-13-4-2-3-5-14(13)10-15;/h13-18,20H,2-12H2,1H3;1H. The Kier molecular flexibility index (Phi) is 5.57. The number of nitrogens with zero attached hydrogens (tertiary/aromatic N) is 1. The Bertz CT molecular complexity index is 418. The Hall–Kier alpha value is -0.280. The predicted molar refractivity (Wildman–Crippen MR) is 95.8 cm³/mol. The number of halogens is 1. The normalized spacial score (nSPS) is 42.5. The summed E-state index contributed by atoms with van der Waals surface area (Å²) < 4.78 is 0. The number of fused-ring (bicyclic) bond motifs is 3. The zero-order chi connectivity index (χ0) is 15.1. The first-order valence-electron chi connectivity index (χ1n) is 9.73. The van der Waals surface area contributed by atoms with E-state index in [1.165, 1.54) is 64.2 Å². The molecule has 4 aliphatic rings. The first-order valence-corrected chi connectivity index (χ1v) is 9.73. The number of piperidine rings is 1. The summed E-state index contributed by atoms with van der Waals surface area (Å²) >= 11 is 0. The Morgan fingerprint density at radius 1 is 0.870 bits per heavy atom. The molecule has 4 rings (SSSR count). The summed E-state index contributed by atoms with van der Waals surface area (Å²) in [6.45, 7) is 0. The van der Waals surface area contributed by atoms with Gasteiger partial charge >= 0.3 is 0 Å². The molecule has 23 heavy (non-hydrogen) atoms. The molecule has 2 heterocycles. The molecule has 0 radical (unpaired) electrons. The van der Waals surface area contributed by atoms with Crippen molar-refractivity contribution in [2.24, 2.45) is 17.8 Å². The minimum Gasteiger partial charge on any atom is -0.342 e. The van der Waals surface area contributed by atoms with Crippen LogP contribution in [0.4, 0.5) is 0 Å². The molecular formula is C19H33ClN2O. The van der Waals surface area contributed by atoms with Crippen molar-refractivity contribution in [2.75, 3.05) is 7.05 Å². The van der Waals surface area contributed by atoms with Crippen molar-refractivity contribution < 1.29 is 4.79 Å². The SMILES string of the molecule is CN(C(=O)C1CCC2CCCCC2C1)C1CC2CCC(C1)N2.Cl. The molecule has 4 heteroatoms. The number of rotatable bonds is 2. The van der Waals surface area contributed by atoms with Gasteiger partial charge in [0.05, 0.1) is 0 Å². The summed E-state index contributed by atoms with van der Waals surface area (Å²) in [5, 5.41) is 3.69. The summed E-state index contributed by atoms with van der Waals surface area (Å²) in [6.07, 6.45) is 14.3. The van der Waals surface area contributed by atoms with Crippen LogP contribution in [0.5, 0.6) is 0 Å². The van der Waals surface area contributed by atoms with E-state index in [1.807, 2.05) is 0 Å². The van der Waals surface area contributed by atoms with Gasteiger partial charge in [-0.1, -0.05) is 25.7 Å². The van der Waals surface area contributed by atoms with Crippen molar-refractivity contribution >= 4 is 18.3 Å². The lowest BCUT2D eigenvalue weighted by Gasteiger charge is -2.42. The molecule has 0 aromatic rings. The Morgan fingerprint density at radius 2 is 1.52 bits per heavy atom. The van der Waals surface area contributed by atoms with Crippen LogP contribution in [-0.4, -0.2) is 36.0 Å². The maximum atomic E-state index is 13.0. The highest BCUT2D eigenvalue weighted by atomic mass is 35.5. The van der Waals surface area contributed by atoms with Gasteiger partial charge in [-0.2, -0.15) is 0 Å². The molecule has 0 aromatic carbocycles. The van der Waals surface area contributed by atoms with Gasteiger partial charge in [0.1, 0.15) is 0 Å². The van der Waals surface area contributed by atoms with Gasteiger partial charge in [-0.3, -0.25) is 4.79 Å². The number of hydrogen-bond donors (Lipinski definition) is 1. The van der Waals surface area contributed by atoms with Gasteiger partial charge in [-0.15, -0.1) is 12.4 Å². The second-order valence-corrected chi connectivity index (χ2v) is 8.53. The molecule has 2 saturated heterocycles. The first kappa shape index (κ1) is 17.5. The summed E-state index contributed by atoms with van der Waals surface area (Å²) in [5.41, 5.74) is 0. The number of nitrogens with one attached hydrogen (secondary N) is 1. The number of carbonyl (C=O) groups is 1. The smallest absolute Gasteiger partial charge is 0.225 e. The quantitative estimate of drug-likeness (QED) is 0.830. The first-order chi connectivity index (χ1) is 10.7. The lowest BCUT2D eigenvalue weighted by atomic mass is 9.67. The molecule has 3 nitrogen and oxygen atoms in total. The average Bonchev–Trinajstić information content (AvgIpc) is 2.91. The average molecular weight is 341 g/mol. The molecule has 5 unspecified atom stereocenters. The maximum Gasteiger partial charge on any atom is 0.225 e. The molecule has 0 spiro atoms. The van der Waals surface area contributed by atoms with E-state index < -0.39 is 0 Å². The van der Waals surface area contributed by atoms with E-state index in [2.05, 4.69) is 17.3 Å². The van der Waals surface area contributed by atoms with Crippen LogP contribution in [0.15, 0.2) is 0 Å². The van der Waals surface area contributed by atoms with E-state index >= 15 is 0 Å². The lowest BCUT2D eigenvalue weighted by molar-refractivity contribution is -0.139. The molecule has 1 amide bonds. The van der Waals surface area contributed by atoms with Crippen molar-refractivity contribution in [3.63, 3.8) is 0 Å². The second kappa shape index (κ2) is 7.31. The van der Waals surface area contributed by atoms with E-state index in [0.29, 0.717) is 30.0 Å². The van der Waals surface area contributed by atoms with Crippen molar-refractivity contribution in [1.29, 1.82) is 0 Å². The number of carbonyl (C=O) groups excluding carboxylic acids is 1. The predicted octanol–water partition coefficient (Wildman–Crippen LogP) is 3.76. The maximum absolute atomic E-state index is 13.0. The minimum absolute atomic E-state index is 0. The molecular weight excluding hydrogens is 308 g/mol. The van der Waals surface area contributed by atoms with Gasteiger partial charge in [0.25, 0.3) is 0 Å². The Morgan fingerprint density at radius 3 is 2.22 bits per heavy atom. The number of hydrogen-bond acceptors (Lipinski definition) is 2. The Balaban J connectivity index is 0.00000156. The molecule has 2 saturated carbocycles. The monoisotopic (exact) mass is 340 g/mol. The van der Waals surface area contributed by atoms with Gasteiger partial charge in [0.2, 0.25) is 5.91 Å². The van der Waals surface area contributed by atoms with Crippen LogP contribution in [0.1, 0.15) is 70.6 Å². The van der Waals surface area contributed by atoms with Crippen LogP contribution in [0, 0.1) is 17.8 Å². The van der Waals surface area contributed by atoms with E-state index in [-0.39, 0.29) is 12.4 Å². The molecule has 0 aromatic heterocycles. The van der Waals surface area contributed by atoms with Crippen molar-refractivity contribution in [3.8, 4) is 0 Å². The third-order valence-electron chi connectivity index (χ3n) is 7.23. The molecule has 4 fully saturated rings. The van der Waals surface area contributed by atoms with E-state index in [9.17, 15) is 4.79 Å². The van der Waals surface area contributed by atoms with Gasteiger partial charge in [-0.05, 0) is 56.8 Å². The molecule has 5 atom stereocenters. The van der Waals surface area contributed by atoms with Crippen LogP contribution in [0.25, 0.3) is 0 Å². The lowest BCUT2D eigenvalue weighted by Crippen LogP contribution is -2.50. The van der Waals surface area contributed by atoms with E-state index in [1.54, 1.807) is 0 Å². The van der Waals surface area contributed by atoms with Crippen LogP contribution in [-0.2, 0) is 4.79 Å². The van der Waals surface area contributed by atoms with Crippen LogP contribution in [0.3, 0.4) is 0 Å². The van der Waals surface area contributed by atoms with Crippen molar-refractivity contribution in [3.05, 3.63) is 0 Å². The fourth-order valence-corrected chi connectivity index (χ4v) is 5.91. The molecule has 2 aliphatic carbocycles. The van der Waals surface area contributed by atoms with Crippen LogP contribution in [0.2, 0.25) is 0 Å². The van der Waals surface area contributed by atoms with Gasteiger partial charge in [0.15, 0.2) is 0 Å². The van der Waals surface area contributed by atoms with E-state index in [0.717, 1.165) is 18.3 Å². The topological polar surface area (TPSA) is 32.3 Å². The summed E-state index contributed by atoms with van der Waals surface area (Å²) in [7, 11) is 2.09. The van der Waals surface area contributed by atoms with Gasteiger partial charge < -0.3 is 10.2 Å². The molecule has 132 valence electrons. The minimum atomic E-state index is 0. The Labute approximate surface area is 147 Å². The summed E-state index contributed by atoms with van der Waals surface area (Å²) in [5.74, 6) is 2.60. The molecule has 1 N–H and O–H groups in total. The van der Waals surface area contributed by atoms with E-state index in [4.69, 9.17) is 0 Å². The fraction of sp³-hybridized carbons (Fsp3) is 0.947. The fourth-order valence-electron chi connectivity index (χ4n) is 5.91. The largest absolute Gasteiger partial charge is 0.342 e. The van der Waals surface area contributed by atoms with Gasteiger partial charge in [-0.25, -0.2) is 0 Å². The van der Waals surface area contributed by atoms with Crippen molar-refractivity contribution in [2.45, 2.75) is 88.8 Å². The highest BCUT2D eigenvalue weighted by Crippen LogP contribution is 2.43. The zero-order valence-corrected chi connectivity index (χ0v) is 15.3. The van der Waals surface area contributed by atoms with Crippen molar-refractivity contribution in [1.82, 2.24) is 10.2 Å². The second-order valence-electron chi connectivity index (χ2n) is 8.53. The van der Waals surface area contributed by atoms with Crippen LogP contribution < -0.4 is 5.32 Å². The summed E-state index contributed by atoms with van der Waals surface area (Å²) in [6, 6.07) is 1.84. The number of amides is 1. The third-order valence-corrected chi connectivity index (χ3v) is 7.23. The third kappa shape index (κ3) is 3.56. The zero-order valence-electron chi connectivity index (χ0n) is 14.5. The summed E-state index contributed by atoms with van der Waals surface area (Å²) in [4.78, 5) is 15.2. The van der Waals surface area contributed by atoms with Gasteiger partial charge in [0, 0.05) is 31.1 Å². The van der Waals surface area contributed by atoms with Crippen LogP contribution >= 0.6 is 12.4 Å².